The van der Waals surface area contributed by atoms with Gasteiger partial charge in [0.2, 0.25) is 0 Å². The summed E-state index contributed by atoms with van der Waals surface area (Å²) in [7, 11) is 0. The zero-order chi connectivity index (χ0) is 14.1. The van der Waals surface area contributed by atoms with E-state index in [0.717, 1.165) is 25.2 Å². The summed E-state index contributed by atoms with van der Waals surface area (Å²) in [6, 6.07) is 10.7. The molecule has 0 amide bonds. The average molecular weight is 287 g/mol. The summed E-state index contributed by atoms with van der Waals surface area (Å²) >= 11 is 1.84. The van der Waals surface area contributed by atoms with Gasteiger partial charge in [-0.1, -0.05) is 18.2 Å². The molecule has 2 atom stereocenters. The van der Waals surface area contributed by atoms with Gasteiger partial charge in [-0.15, -0.1) is 11.3 Å². The van der Waals surface area contributed by atoms with Gasteiger partial charge in [-0.3, -0.25) is 0 Å². The summed E-state index contributed by atoms with van der Waals surface area (Å²) in [6.07, 6.45) is 2.06. The van der Waals surface area contributed by atoms with E-state index in [4.69, 9.17) is 10.5 Å². The van der Waals surface area contributed by atoms with E-state index in [0.29, 0.717) is 5.92 Å². The Bertz CT molecular complexity index is 585. The molecule has 1 aliphatic heterocycles. The van der Waals surface area contributed by atoms with E-state index < -0.39 is 0 Å². The molecule has 0 bridgehead atoms. The van der Waals surface area contributed by atoms with Crippen molar-refractivity contribution in [3.8, 4) is 5.75 Å². The molecule has 0 radical (unpaired) electrons. The Kier molecular flexibility index (Phi) is 3.81. The van der Waals surface area contributed by atoms with Gasteiger partial charge in [-0.25, -0.2) is 0 Å². The molecular weight excluding hydrogens is 266 g/mol. The molecule has 0 aliphatic carbocycles. The standard InChI is InChI=1S/C17H21NOS/c1-11-9-17(20-12(11)2)15(18)10-13-7-8-19-16-6-4-3-5-14(13)16/h3-6,9,13,15H,7-8,10,18H2,1-2H3. The molecule has 0 fully saturated rings. The smallest absolute Gasteiger partial charge is 0.122 e. The Morgan fingerprint density at radius 1 is 1.35 bits per heavy atom. The van der Waals surface area contributed by atoms with E-state index in [9.17, 15) is 0 Å². The van der Waals surface area contributed by atoms with Crippen molar-refractivity contribution in [2.45, 2.75) is 38.6 Å². The number of fused-ring (bicyclic) bond motifs is 1. The molecule has 2 nitrogen and oxygen atoms in total. The van der Waals surface area contributed by atoms with Crippen LogP contribution in [0.25, 0.3) is 0 Å². The van der Waals surface area contributed by atoms with Crippen molar-refractivity contribution in [2.24, 2.45) is 5.73 Å². The molecule has 1 aliphatic rings. The van der Waals surface area contributed by atoms with Crippen molar-refractivity contribution in [3.05, 3.63) is 51.2 Å². The first-order valence-electron chi connectivity index (χ1n) is 7.19. The minimum atomic E-state index is 0.128. The molecule has 3 heteroatoms. The molecular formula is C17H21NOS. The molecule has 3 rings (SSSR count). The van der Waals surface area contributed by atoms with Crippen LogP contribution in [-0.4, -0.2) is 6.61 Å². The van der Waals surface area contributed by atoms with Gasteiger partial charge in [0.25, 0.3) is 0 Å². The largest absolute Gasteiger partial charge is 0.493 e. The van der Waals surface area contributed by atoms with Crippen LogP contribution in [0.5, 0.6) is 5.75 Å². The van der Waals surface area contributed by atoms with Gasteiger partial charge >= 0.3 is 0 Å². The Labute approximate surface area is 124 Å². The second-order valence-electron chi connectivity index (χ2n) is 5.60. The molecule has 2 heterocycles. The third-order valence-electron chi connectivity index (χ3n) is 4.17. The SMILES string of the molecule is Cc1cc(C(N)CC2CCOc3ccccc32)sc1C. The second-order valence-corrected chi connectivity index (χ2v) is 6.89. The number of para-hydroxylation sites is 1. The van der Waals surface area contributed by atoms with Crippen LogP contribution in [0.2, 0.25) is 0 Å². The number of nitrogens with two attached hydrogens (primary N) is 1. The fourth-order valence-corrected chi connectivity index (χ4v) is 3.92. The summed E-state index contributed by atoms with van der Waals surface area (Å²) < 4.78 is 5.73. The van der Waals surface area contributed by atoms with Crippen LogP contribution in [0.1, 0.15) is 45.7 Å². The molecule has 0 spiro atoms. The Morgan fingerprint density at radius 3 is 2.90 bits per heavy atom. The van der Waals surface area contributed by atoms with Gasteiger partial charge in [0, 0.05) is 15.8 Å². The van der Waals surface area contributed by atoms with Crippen LogP contribution < -0.4 is 10.5 Å². The fraction of sp³-hybridized carbons (Fsp3) is 0.412. The first-order valence-corrected chi connectivity index (χ1v) is 8.01. The first kappa shape index (κ1) is 13.7. The Morgan fingerprint density at radius 2 is 2.15 bits per heavy atom. The van der Waals surface area contributed by atoms with Crippen LogP contribution in [0.3, 0.4) is 0 Å². The van der Waals surface area contributed by atoms with Gasteiger partial charge in [0.15, 0.2) is 0 Å². The lowest BCUT2D eigenvalue weighted by molar-refractivity contribution is 0.259. The highest BCUT2D eigenvalue weighted by molar-refractivity contribution is 7.12. The van der Waals surface area contributed by atoms with E-state index in [2.05, 4.69) is 38.1 Å². The van der Waals surface area contributed by atoms with Crippen molar-refractivity contribution >= 4 is 11.3 Å². The van der Waals surface area contributed by atoms with Crippen LogP contribution in [0.15, 0.2) is 30.3 Å². The van der Waals surface area contributed by atoms with Crippen LogP contribution in [0.4, 0.5) is 0 Å². The maximum absolute atomic E-state index is 6.43. The van der Waals surface area contributed by atoms with Gasteiger partial charge < -0.3 is 10.5 Å². The van der Waals surface area contributed by atoms with Gasteiger partial charge in [0.05, 0.1) is 6.61 Å². The topological polar surface area (TPSA) is 35.2 Å². The van der Waals surface area contributed by atoms with Crippen molar-refractivity contribution in [2.75, 3.05) is 6.61 Å². The first-order chi connectivity index (χ1) is 9.65. The average Bonchev–Trinajstić information content (AvgIpc) is 2.79. The highest BCUT2D eigenvalue weighted by Gasteiger charge is 2.24. The molecule has 20 heavy (non-hydrogen) atoms. The predicted octanol–water partition coefficient (Wildman–Crippen LogP) is 4.32. The highest BCUT2D eigenvalue weighted by atomic mass is 32.1. The number of hydrogen-bond donors (Lipinski definition) is 1. The summed E-state index contributed by atoms with van der Waals surface area (Å²) in [6.45, 7) is 5.13. The zero-order valence-electron chi connectivity index (χ0n) is 12.1. The number of hydrogen-bond acceptors (Lipinski definition) is 3. The lowest BCUT2D eigenvalue weighted by atomic mass is 9.87. The monoisotopic (exact) mass is 287 g/mol. The normalized spacial score (nSPS) is 19.2. The number of thiophene rings is 1. The van der Waals surface area contributed by atoms with E-state index in [-0.39, 0.29) is 6.04 Å². The van der Waals surface area contributed by atoms with Crippen molar-refractivity contribution < 1.29 is 4.74 Å². The number of ether oxygens (including phenoxy) is 1. The van der Waals surface area contributed by atoms with E-state index in [1.165, 1.54) is 20.9 Å². The molecule has 2 unspecified atom stereocenters. The molecule has 1 aromatic carbocycles. The molecule has 106 valence electrons. The maximum Gasteiger partial charge on any atom is 0.122 e. The lowest BCUT2D eigenvalue weighted by Crippen LogP contribution is -2.19. The minimum absolute atomic E-state index is 0.128. The van der Waals surface area contributed by atoms with Crippen molar-refractivity contribution in [3.63, 3.8) is 0 Å². The van der Waals surface area contributed by atoms with E-state index in [1.54, 1.807) is 0 Å². The summed E-state index contributed by atoms with van der Waals surface area (Å²) in [5.74, 6) is 1.55. The third kappa shape index (κ3) is 2.60. The Hall–Kier alpha value is -1.32. The maximum atomic E-state index is 6.43. The fourth-order valence-electron chi connectivity index (χ4n) is 2.87. The quantitative estimate of drug-likeness (QED) is 0.912. The van der Waals surface area contributed by atoms with Crippen LogP contribution >= 0.6 is 11.3 Å². The number of aryl methyl sites for hydroxylation is 2. The third-order valence-corrected chi connectivity index (χ3v) is 5.46. The molecule has 2 aromatic rings. The summed E-state index contributed by atoms with van der Waals surface area (Å²) in [4.78, 5) is 2.69. The molecule has 0 saturated carbocycles. The lowest BCUT2D eigenvalue weighted by Gasteiger charge is -2.27. The number of rotatable bonds is 3. The van der Waals surface area contributed by atoms with E-state index >= 15 is 0 Å². The summed E-state index contributed by atoms with van der Waals surface area (Å²) in [5.41, 5.74) is 9.11. The van der Waals surface area contributed by atoms with Crippen LogP contribution in [-0.2, 0) is 0 Å². The van der Waals surface area contributed by atoms with E-state index in [1.807, 2.05) is 17.4 Å². The molecule has 1 aromatic heterocycles. The van der Waals surface area contributed by atoms with Crippen molar-refractivity contribution in [1.82, 2.24) is 0 Å². The van der Waals surface area contributed by atoms with Crippen molar-refractivity contribution in [1.29, 1.82) is 0 Å². The number of benzene rings is 1. The summed E-state index contributed by atoms with van der Waals surface area (Å²) in [5, 5.41) is 0. The van der Waals surface area contributed by atoms with Gasteiger partial charge in [0.1, 0.15) is 5.75 Å². The highest BCUT2D eigenvalue weighted by Crippen LogP contribution is 2.39. The molecule has 2 N–H and O–H groups in total. The second kappa shape index (κ2) is 5.58. The predicted molar refractivity (Wildman–Crippen MR) is 84.6 cm³/mol. The zero-order valence-corrected chi connectivity index (χ0v) is 12.9. The minimum Gasteiger partial charge on any atom is -0.493 e. The van der Waals surface area contributed by atoms with Gasteiger partial charge in [-0.2, -0.15) is 0 Å². The van der Waals surface area contributed by atoms with Gasteiger partial charge in [-0.05, 0) is 55.9 Å². The Balaban J connectivity index is 1.78. The molecule has 0 saturated heterocycles. The van der Waals surface area contributed by atoms with Crippen LogP contribution in [0, 0.1) is 13.8 Å².